The first-order valence-electron chi connectivity index (χ1n) is 7.02. The first kappa shape index (κ1) is 13.4. The fourth-order valence-corrected chi connectivity index (χ4v) is 2.31. The Balaban J connectivity index is 2.07. The molecule has 0 aliphatic carbocycles. The normalized spacial score (nSPS) is 10.8. The molecular weight excluding hydrogens is 262 g/mol. The molecule has 1 heterocycles. The highest BCUT2D eigenvalue weighted by molar-refractivity contribution is 5.93. The predicted molar refractivity (Wildman–Crippen MR) is 84.7 cm³/mol. The van der Waals surface area contributed by atoms with Crippen molar-refractivity contribution in [2.75, 3.05) is 5.32 Å². The highest BCUT2D eigenvalue weighted by Crippen LogP contribution is 2.22. The molecule has 0 aliphatic heterocycles. The minimum atomic E-state index is 0.0102. The molecule has 0 atom stereocenters. The molecule has 0 radical (unpaired) electrons. The fraction of sp³-hybridized carbons (Fsp3) is 0.176. The minimum Gasteiger partial charge on any atom is -0.326 e. The lowest BCUT2D eigenvalue weighted by Gasteiger charge is -2.07. The van der Waals surface area contributed by atoms with Gasteiger partial charge in [-0.3, -0.25) is 4.79 Å². The van der Waals surface area contributed by atoms with Crippen LogP contribution in [0.1, 0.15) is 18.9 Å². The van der Waals surface area contributed by atoms with Gasteiger partial charge in [0.2, 0.25) is 5.91 Å². The highest BCUT2D eigenvalue weighted by Gasteiger charge is 2.07. The van der Waals surface area contributed by atoms with E-state index in [-0.39, 0.29) is 5.91 Å². The van der Waals surface area contributed by atoms with Gasteiger partial charge in [-0.15, -0.1) is 0 Å². The Morgan fingerprint density at radius 1 is 1.24 bits per heavy atom. The summed E-state index contributed by atoms with van der Waals surface area (Å²) in [7, 11) is 0. The summed E-state index contributed by atoms with van der Waals surface area (Å²) in [5.41, 5.74) is 3.98. The van der Waals surface area contributed by atoms with E-state index in [0.717, 1.165) is 22.3 Å². The molecular formula is C17H17N3O. The van der Waals surface area contributed by atoms with E-state index in [9.17, 15) is 4.79 Å². The van der Waals surface area contributed by atoms with Crippen molar-refractivity contribution < 1.29 is 4.79 Å². The van der Waals surface area contributed by atoms with Crippen molar-refractivity contribution in [1.82, 2.24) is 9.78 Å². The lowest BCUT2D eigenvalue weighted by atomic mass is 10.2. The van der Waals surface area contributed by atoms with Gasteiger partial charge in [0, 0.05) is 17.5 Å². The van der Waals surface area contributed by atoms with Gasteiger partial charge in [-0.2, -0.15) is 5.10 Å². The minimum absolute atomic E-state index is 0.0102. The molecule has 0 aliphatic rings. The Morgan fingerprint density at radius 3 is 2.86 bits per heavy atom. The van der Waals surface area contributed by atoms with Crippen LogP contribution in [0.15, 0.2) is 48.7 Å². The van der Waals surface area contributed by atoms with Crippen LogP contribution >= 0.6 is 0 Å². The van der Waals surface area contributed by atoms with Gasteiger partial charge in [-0.05, 0) is 42.8 Å². The van der Waals surface area contributed by atoms with E-state index in [1.54, 1.807) is 0 Å². The second-order valence-corrected chi connectivity index (χ2v) is 5.07. The van der Waals surface area contributed by atoms with Crippen LogP contribution in [-0.4, -0.2) is 15.7 Å². The molecule has 0 fully saturated rings. The average Bonchev–Trinajstić information content (AvgIpc) is 2.90. The van der Waals surface area contributed by atoms with Crippen LogP contribution in [0, 0.1) is 6.92 Å². The molecule has 3 rings (SSSR count). The summed E-state index contributed by atoms with van der Waals surface area (Å²) in [5, 5.41) is 8.38. The fourth-order valence-electron chi connectivity index (χ4n) is 2.31. The largest absolute Gasteiger partial charge is 0.326 e. The predicted octanol–water partition coefficient (Wildman–Crippen LogP) is 3.68. The molecule has 1 aromatic heterocycles. The first-order chi connectivity index (χ1) is 10.2. The SMILES string of the molecule is CCC(=O)Nc1ccc2cnn(-c3cccc(C)c3)c2c1. The van der Waals surface area contributed by atoms with Crippen molar-refractivity contribution >= 4 is 22.5 Å². The smallest absolute Gasteiger partial charge is 0.224 e. The van der Waals surface area contributed by atoms with Gasteiger partial charge >= 0.3 is 0 Å². The van der Waals surface area contributed by atoms with E-state index in [4.69, 9.17) is 0 Å². The highest BCUT2D eigenvalue weighted by atomic mass is 16.1. The number of rotatable bonds is 3. The third-order valence-electron chi connectivity index (χ3n) is 3.42. The van der Waals surface area contributed by atoms with Crippen LogP contribution in [-0.2, 0) is 4.79 Å². The van der Waals surface area contributed by atoms with Crippen molar-refractivity contribution in [1.29, 1.82) is 0 Å². The maximum absolute atomic E-state index is 11.5. The molecule has 0 bridgehead atoms. The van der Waals surface area contributed by atoms with Crippen molar-refractivity contribution in [2.45, 2.75) is 20.3 Å². The standard InChI is InChI=1S/C17H17N3O/c1-3-17(21)19-14-8-7-13-11-18-20(16(13)10-14)15-6-4-5-12(2)9-15/h4-11H,3H2,1-2H3,(H,19,21). The van der Waals surface area contributed by atoms with Gasteiger partial charge in [-0.1, -0.05) is 19.1 Å². The van der Waals surface area contributed by atoms with Crippen LogP contribution in [0.25, 0.3) is 16.6 Å². The third-order valence-corrected chi connectivity index (χ3v) is 3.42. The van der Waals surface area contributed by atoms with Crippen LogP contribution in [0.5, 0.6) is 0 Å². The number of fused-ring (bicyclic) bond motifs is 1. The molecule has 2 aromatic carbocycles. The molecule has 0 saturated heterocycles. The molecule has 0 unspecified atom stereocenters. The van der Waals surface area contributed by atoms with E-state index in [0.29, 0.717) is 6.42 Å². The van der Waals surface area contributed by atoms with Crippen molar-refractivity contribution in [3.63, 3.8) is 0 Å². The molecule has 1 amide bonds. The third kappa shape index (κ3) is 2.65. The number of hydrogen-bond donors (Lipinski definition) is 1. The molecule has 0 spiro atoms. The van der Waals surface area contributed by atoms with Crippen molar-refractivity contribution in [2.24, 2.45) is 0 Å². The molecule has 3 aromatic rings. The summed E-state index contributed by atoms with van der Waals surface area (Å²) in [6, 6.07) is 14.0. The lowest BCUT2D eigenvalue weighted by molar-refractivity contribution is -0.115. The van der Waals surface area contributed by atoms with Crippen molar-refractivity contribution in [3.8, 4) is 5.69 Å². The Hall–Kier alpha value is -2.62. The first-order valence-corrected chi connectivity index (χ1v) is 7.02. The van der Waals surface area contributed by atoms with Crippen LogP contribution in [0.3, 0.4) is 0 Å². The van der Waals surface area contributed by atoms with Crippen LogP contribution in [0.4, 0.5) is 5.69 Å². The van der Waals surface area contributed by atoms with E-state index >= 15 is 0 Å². The Morgan fingerprint density at radius 2 is 2.10 bits per heavy atom. The van der Waals surface area contributed by atoms with Gasteiger partial charge in [0.15, 0.2) is 0 Å². The quantitative estimate of drug-likeness (QED) is 0.795. The Bertz CT molecular complexity index is 805. The van der Waals surface area contributed by atoms with Gasteiger partial charge in [0.1, 0.15) is 0 Å². The number of anilines is 1. The zero-order valence-corrected chi connectivity index (χ0v) is 12.1. The second kappa shape index (κ2) is 5.40. The molecule has 21 heavy (non-hydrogen) atoms. The number of nitrogens with zero attached hydrogens (tertiary/aromatic N) is 2. The zero-order chi connectivity index (χ0) is 14.8. The van der Waals surface area contributed by atoms with Crippen molar-refractivity contribution in [3.05, 3.63) is 54.2 Å². The van der Waals surface area contributed by atoms with Crippen LogP contribution < -0.4 is 5.32 Å². The molecule has 0 saturated carbocycles. The summed E-state index contributed by atoms with van der Waals surface area (Å²) >= 11 is 0. The monoisotopic (exact) mass is 279 g/mol. The average molecular weight is 279 g/mol. The van der Waals surface area contributed by atoms with E-state index in [1.165, 1.54) is 5.56 Å². The topological polar surface area (TPSA) is 46.9 Å². The van der Waals surface area contributed by atoms with E-state index in [1.807, 2.05) is 48.1 Å². The number of nitrogens with one attached hydrogen (secondary N) is 1. The number of amides is 1. The second-order valence-electron chi connectivity index (χ2n) is 5.07. The summed E-state index contributed by atoms with van der Waals surface area (Å²) in [6.07, 6.45) is 2.30. The van der Waals surface area contributed by atoms with Gasteiger partial charge in [-0.25, -0.2) is 4.68 Å². The molecule has 1 N–H and O–H groups in total. The Labute approximate surface area is 123 Å². The van der Waals surface area contributed by atoms with E-state index < -0.39 is 0 Å². The number of aryl methyl sites for hydroxylation is 1. The number of hydrogen-bond acceptors (Lipinski definition) is 2. The van der Waals surface area contributed by atoms with Crippen LogP contribution in [0.2, 0.25) is 0 Å². The molecule has 4 heteroatoms. The van der Waals surface area contributed by atoms with E-state index in [2.05, 4.69) is 29.5 Å². The Kier molecular flexibility index (Phi) is 3.44. The zero-order valence-electron chi connectivity index (χ0n) is 12.1. The number of benzene rings is 2. The number of carbonyl (C=O) groups excluding carboxylic acids is 1. The van der Waals surface area contributed by atoms with Gasteiger partial charge in [0.05, 0.1) is 17.4 Å². The summed E-state index contributed by atoms with van der Waals surface area (Å²) in [6.45, 7) is 3.90. The lowest BCUT2D eigenvalue weighted by Crippen LogP contribution is -2.09. The summed E-state index contributed by atoms with van der Waals surface area (Å²) in [5.74, 6) is 0.0102. The number of carbonyl (C=O) groups is 1. The maximum atomic E-state index is 11.5. The van der Waals surface area contributed by atoms with Gasteiger partial charge in [0.25, 0.3) is 0 Å². The van der Waals surface area contributed by atoms with Gasteiger partial charge < -0.3 is 5.32 Å². The number of aromatic nitrogens is 2. The summed E-state index contributed by atoms with van der Waals surface area (Å²) < 4.78 is 1.89. The molecule has 106 valence electrons. The molecule has 4 nitrogen and oxygen atoms in total. The maximum Gasteiger partial charge on any atom is 0.224 e. The summed E-state index contributed by atoms with van der Waals surface area (Å²) in [4.78, 5) is 11.5.